The highest BCUT2D eigenvalue weighted by Crippen LogP contribution is 2.26. The van der Waals surface area contributed by atoms with Gasteiger partial charge in [-0.05, 0) is 24.1 Å². The largest absolute Gasteiger partial charge is 0.396 e. The minimum atomic E-state index is -0.888. The molecule has 1 aromatic rings. The molecule has 0 saturated heterocycles. The van der Waals surface area contributed by atoms with Gasteiger partial charge >= 0.3 is 0 Å². The third kappa shape index (κ3) is 2.87. The molecule has 4 N–H and O–H groups in total. The molecule has 5 heteroatoms. The number of hydrogen-bond donors (Lipinski definition) is 4. The molecule has 18 heavy (non-hydrogen) atoms. The van der Waals surface area contributed by atoms with Crippen LogP contribution in [-0.4, -0.2) is 40.2 Å². The monoisotopic (exact) mass is 255 g/mol. The molecule has 1 aliphatic carbocycles. The summed E-state index contributed by atoms with van der Waals surface area (Å²) in [5.74, 6) is -0.568. The molecule has 0 radical (unpaired) electrons. The first-order valence-electron chi connectivity index (χ1n) is 6.06. The van der Waals surface area contributed by atoms with E-state index in [1.54, 1.807) is 12.1 Å². The van der Waals surface area contributed by atoms with Crippen LogP contribution >= 0.6 is 0 Å². The van der Waals surface area contributed by atoms with Crippen LogP contribution in [-0.2, 0) is 6.54 Å². The summed E-state index contributed by atoms with van der Waals surface area (Å²) >= 11 is 0. The third-order valence-electron chi connectivity index (χ3n) is 3.52. The molecule has 0 bridgehead atoms. The topological polar surface area (TPSA) is 72.7 Å². The van der Waals surface area contributed by atoms with Crippen LogP contribution in [0, 0.1) is 11.7 Å². The zero-order valence-electron chi connectivity index (χ0n) is 9.96. The lowest BCUT2D eigenvalue weighted by atomic mass is 10.1. The number of benzene rings is 1. The SMILES string of the molecule is OC[C@H]1C[C@@H](NCc2ccc(F)cc2)[C@H](O)[C@@H]1O. The van der Waals surface area contributed by atoms with Gasteiger partial charge in [-0.2, -0.15) is 0 Å². The van der Waals surface area contributed by atoms with E-state index in [2.05, 4.69) is 5.32 Å². The van der Waals surface area contributed by atoms with E-state index in [9.17, 15) is 14.6 Å². The fourth-order valence-electron chi connectivity index (χ4n) is 2.36. The molecule has 2 rings (SSSR count). The predicted octanol–water partition coefficient (Wildman–Crippen LogP) is 0.0179. The number of rotatable bonds is 4. The van der Waals surface area contributed by atoms with Gasteiger partial charge in [-0.25, -0.2) is 4.39 Å². The van der Waals surface area contributed by atoms with E-state index in [0.29, 0.717) is 13.0 Å². The minimum Gasteiger partial charge on any atom is -0.396 e. The minimum absolute atomic E-state index is 0.132. The second kappa shape index (κ2) is 5.75. The molecule has 0 heterocycles. The van der Waals surface area contributed by atoms with E-state index in [1.165, 1.54) is 12.1 Å². The zero-order valence-corrected chi connectivity index (χ0v) is 9.96. The van der Waals surface area contributed by atoms with Crippen LogP contribution in [0.15, 0.2) is 24.3 Å². The molecular weight excluding hydrogens is 237 g/mol. The summed E-state index contributed by atoms with van der Waals surface area (Å²) in [4.78, 5) is 0. The average Bonchev–Trinajstić information content (AvgIpc) is 2.65. The van der Waals surface area contributed by atoms with Crippen LogP contribution in [0.2, 0.25) is 0 Å². The van der Waals surface area contributed by atoms with E-state index in [0.717, 1.165) is 5.56 Å². The molecule has 0 unspecified atom stereocenters. The standard InChI is InChI=1S/C13H18FNO3/c14-10-3-1-8(2-4-10)6-15-11-5-9(7-16)12(17)13(11)18/h1-4,9,11-13,15-18H,5-7H2/t9-,11-,12-,13+/m1/s1. The van der Waals surface area contributed by atoms with Crippen molar-refractivity contribution in [3.8, 4) is 0 Å². The lowest BCUT2D eigenvalue weighted by Crippen LogP contribution is -2.39. The maximum absolute atomic E-state index is 12.7. The Labute approximate surface area is 105 Å². The third-order valence-corrected chi connectivity index (χ3v) is 3.52. The van der Waals surface area contributed by atoms with Crippen LogP contribution in [0.25, 0.3) is 0 Å². The van der Waals surface area contributed by atoms with Crippen LogP contribution in [0.1, 0.15) is 12.0 Å². The highest BCUT2D eigenvalue weighted by molar-refractivity contribution is 5.16. The van der Waals surface area contributed by atoms with Gasteiger partial charge in [0.1, 0.15) is 5.82 Å². The summed E-state index contributed by atoms with van der Waals surface area (Å²) in [5.41, 5.74) is 0.908. The summed E-state index contributed by atoms with van der Waals surface area (Å²) in [6.07, 6.45) is -1.23. The number of nitrogens with one attached hydrogen (secondary N) is 1. The Morgan fingerprint density at radius 2 is 1.83 bits per heavy atom. The van der Waals surface area contributed by atoms with E-state index in [-0.39, 0.29) is 24.4 Å². The Hall–Kier alpha value is -1.01. The predicted molar refractivity (Wildman–Crippen MR) is 64.2 cm³/mol. The summed E-state index contributed by atoms with van der Waals surface area (Å²) in [6, 6.07) is 5.86. The van der Waals surface area contributed by atoms with Crippen molar-refractivity contribution in [1.29, 1.82) is 0 Å². The summed E-state index contributed by atoms with van der Waals surface area (Å²) in [7, 11) is 0. The van der Waals surface area contributed by atoms with Gasteiger partial charge < -0.3 is 20.6 Å². The highest BCUT2D eigenvalue weighted by atomic mass is 19.1. The molecule has 1 aliphatic rings. The summed E-state index contributed by atoms with van der Waals surface area (Å²) in [6.45, 7) is 0.361. The molecule has 4 nitrogen and oxygen atoms in total. The molecule has 0 aromatic heterocycles. The molecule has 0 spiro atoms. The lowest BCUT2D eigenvalue weighted by Gasteiger charge is -2.18. The van der Waals surface area contributed by atoms with Gasteiger partial charge in [0.25, 0.3) is 0 Å². The van der Waals surface area contributed by atoms with Gasteiger partial charge in [-0.1, -0.05) is 12.1 Å². The van der Waals surface area contributed by atoms with Crippen molar-refractivity contribution in [2.45, 2.75) is 31.2 Å². The second-order valence-corrected chi connectivity index (χ2v) is 4.77. The van der Waals surface area contributed by atoms with Gasteiger partial charge in [0.2, 0.25) is 0 Å². The molecule has 0 amide bonds. The van der Waals surface area contributed by atoms with Gasteiger partial charge in [0, 0.05) is 25.1 Å². The molecule has 0 aliphatic heterocycles. The molecule has 4 atom stereocenters. The Balaban J connectivity index is 1.89. The normalized spacial score (nSPS) is 31.8. The second-order valence-electron chi connectivity index (χ2n) is 4.77. The average molecular weight is 255 g/mol. The van der Waals surface area contributed by atoms with Crippen LogP contribution in [0.3, 0.4) is 0 Å². The fraction of sp³-hybridized carbons (Fsp3) is 0.538. The number of hydrogen-bond acceptors (Lipinski definition) is 4. The molecule has 1 saturated carbocycles. The molecule has 100 valence electrons. The van der Waals surface area contributed by atoms with E-state index in [4.69, 9.17) is 5.11 Å². The van der Waals surface area contributed by atoms with Crippen molar-refractivity contribution >= 4 is 0 Å². The molecular formula is C13H18FNO3. The van der Waals surface area contributed by atoms with Crippen molar-refractivity contribution in [3.05, 3.63) is 35.6 Å². The Morgan fingerprint density at radius 3 is 2.39 bits per heavy atom. The van der Waals surface area contributed by atoms with Crippen molar-refractivity contribution in [2.24, 2.45) is 5.92 Å². The molecule has 1 aromatic carbocycles. The van der Waals surface area contributed by atoms with Gasteiger partial charge in [-0.15, -0.1) is 0 Å². The Morgan fingerprint density at radius 1 is 1.17 bits per heavy atom. The highest BCUT2D eigenvalue weighted by Gasteiger charge is 2.40. The van der Waals surface area contributed by atoms with Gasteiger partial charge in [-0.3, -0.25) is 0 Å². The van der Waals surface area contributed by atoms with Crippen molar-refractivity contribution in [3.63, 3.8) is 0 Å². The number of halogens is 1. The quantitative estimate of drug-likeness (QED) is 0.612. The lowest BCUT2D eigenvalue weighted by molar-refractivity contribution is -0.000337. The Kier molecular flexibility index (Phi) is 4.29. The smallest absolute Gasteiger partial charge is 0.123 e. The molecule has 1 fully saturated rings. The summed E-state index contributed by atoms with van der Waals surface area (Å²) in [5, 5.41) is 31.6. The van der Waals surface area contributed by atoms with Crippen LogP contribution in [0.5, 0.6) is 0 Å². The van der Waals surface area contributed by atoms with Gasteiger partial charge in [0.15, 0.2) is 0 Å². The van der Waals surface area contributed by atoms with Crippen LogP contribution < -0.4 is 5.32 Å². The number of aliphatic hydroxyl groups is 3. The Bertz CT molecular complexity index is 384. The van der Waals surface area contributed by atoms with E-state index in [1.807, 2.05) is 0 Å². The first-order chi connectivity index (χ1) is 8.61. The fourth-order valence-corrected chi connectivity index (χ4v) is 2.36. The first-order valence-corrected chi connectivity index (χ1v) is 6.06. The van der Waals surface area contributed by atoms with Crippen molar-refractivity contribution in [1.82, 2.24) is 5.32 Å². The van der Waals surface area contributed by atoms with E-state index >= 15 is 0 Å². The maximum atomic E-state index is 12.7. The van der Waals surface area contributed by atoms with Gasteiger partial charge in [0.05, 0.1) is 12.2 Å². The van der Waals surface area contributed by atoms with Crippen LogP contribution in [0.4, 0.5) is 4.39 Å². The number of aliphatic hydroxyl groups excluding tert-OH is 3. The maximum Gasteiger partial charge on any atom is 0.123 e. The van der Waals surface area contributed by atoms with Crippen molar-refractivity contribution < 1.29 is 19.7 Å². The van der Waals surface area contributed by atoms with Crippen molar-refractivity contribution in [2.75, 3.05) is 6.61 Å². The first kappa shape index (κ1) is 13.4. The summed E-state index contributed by atoms with van der Waals surface area (Å²) < 4.78 is 12.7. The van der Waals surface area contributed by atoms with E-state index < -0.39 is 12.2 Å². The zero-order chi connectivity index (χ0) is 13.1.